The zero-order valence-corrected chi connectivity index (χ0v) is 16.8. The van der Waals surface area contributed by atoms with Crippen LogP contribution in [0, 0.1) is 6.92 Å². The third-order valence-corrected chi connectivity index (χ3v) is 4.97. The number of rotatable bonds is 4. The fraction of sp³-hybridized carbons (Fsp3) is 0.111. The quantitative estimate of drug-likeness (QED) is 0.549. The van der Waals surface area contributed by atoms with Gasteiger partial charge >= 0.3 is 0 Å². The third kappa shape index (κ3) is 4.08. The summed E-state index contributed by atoms with van der Waals surface area (Å²) in [5, 5.41) is 2.00. The predicted molar refractivity (Wildman–Crippen MR) is 104 cm³/mol. The maximum Gasteiger partial charge on any atom is 0.276 e. The lowest BCUT2D eigenvalue weighted by Crippen LogP contribution is -2.43. The maximum atomic E-state index is 11.9. The van der Waals surface area contributed by atoms with Crippen molar-refractivity contribution in [3.8, 4) is 5.75 Å². The first-order valence-corrected chi connectivity index (χ1v) is 9.18. The number of fused-ring (bicyclic) bond motifs is 1. The van der Waals surface area contributed by atoms with Crippen LogP contribution in [0.5, 0.6) is 5.75 Å². The summed E-state index contributed by atoms with van der Waals surface area (Å²) in [6, 6.07) is 11.1. The molecule has 1 aromatic heterocycles. The minimum absolute atomic E-state index is 0.245. The Hall–Kier alpha value is -2.32. The highest BCUT2D eigenvalue weighted by atomic mass is 79.9. The molecular formula is C18H14Br2N2O4. The summed E-state index contributed by atoms with van der Waals surface area (Å²) in [6.45, 7) is 1.42. The molecule has 6 nitrogen and oxygen atoms in total. The topological polar surface area (TPSA) is 80.6 Å². The first-order chi connectivity index (χ1) is 12.5. The zero-order valence-electron chi connectivity index (χ0n) is 13.6. The Morgan fingerprint density at radius 2 is 1.92 bits per heavy atom. The molecule has 0 spiro atoms. The van der Waals surface area contributed by atoms with Crippen molar-refractivity contribution in [3.05, 3.63) is 62.9 Å². The summed E-state index contributed by atoms with van der Waals surface area (Å²) in [5.41, 5.74) is 4.98. The first kappa shape index (κ1) is 18.5. The fourth-order valence-corrected chi connectivity index (χ4v) is 3.33. The van der Waals surface area contributed by atoms with Crippen LogP contribution in [-0.2, 0) is 4.79 Å². The van der Waals surface area contributed by atoms with Crippen molar-refractivity contribution in [1.82, 2.24) is 10.9 Å². The average Bonchev–Trinajstić information content (AvgIpc) is 3.05. The molecule has 8 heteroatoms. The van der Waals surface area contributed by atoms with E-state index in [2.05, 4.69) is 42.7 Å². The lowest BCUT2D eigenvalue weighted by Gasteiger charge is -2.11. The van der Waals surface area contributed by atoms with Crippen LogP contribution in [0.1, 0.15) is 16.1 Å². The lowest BCUT2D eigenvalue weighted by atomic mass is 10.1. The summed E-state index contributed by atoms with van der Waals surface area (Å²) in [4.78, 5) is 23.8. The van der Waals surface area contributed by atoms with Gasteiger partial charge in [0.25, 0.3) is 11.8 Å². The van der Waals surface area contributed by atoms with Gasteiger partial charge in [0, 0.05) is 4.47 Å². The van der Waals surface area contributed by atoms with Gasteiger partial charge in [0.15, 0.2) is 6.61 Å². The van der Waals surface area contributed by atoms with Gasteiger partial charge in [-0.05, 0) is 57.9 Å². The van der Waals surface area contributed by atoms with Gasteiger partial charge in [-0.25, -0.2) is 0 Å². The number of furan rings is 1. The Kier molecular flexibility index (Phi) is 5.63. The van der Waals surface area contributed by atoms with Crippen molar-refractivity contribution in [1.29, 1.82) is 0 Å². The van der Waals surface area contributed by atoms with Crippen LogP contribution < -0.4 is 15.6 Å². The van der Waals surface area contributed by atoms with E-state index in [-0.39, 0.29) is 6.61 Å². The van der Waals surface area contributed by atoms with Crippen LogP contribution >= 0.6 is 31.9 Å². The monoisotopic (exact) mass is 480 g/mol. The molecule has 2 aromatic carbocycles. The van der Waals surface area contributed by atoms with E-state index >= 15 is 0 Å². The van der Waals surface area contributed by atoms with Crippen LogP contribution in [-0.4, -0.2) is 18.4 Å². The third-order valence-electron chi connectivity index (χ3n) is 3.66. The van der Waals surface area contributed by atoms with Gasteiger partial charge in [-0.15, -0.1) is 0 Å². The molecular weight excluding hydrogens is 468 g/mol. The first-order valence-electron chi connectivity index (χ1n) is 7.59. The second-order valence-electron chi connectivity index (χ2n) is 5.42. The molecule has 0 saturated heterocycles. The van der Waals surface area contributed by atoms with Gasteiger partial charge in [-0.3, -0.25) is 20.4 Å². The number of benzene rings is 2. The average molecular weight is 482 g/mol. The Balaban J connectivity index is 1.58. The van der Waals surface area contributed by atoms with Crippen LogP contribution in [0.2, 0.25) is 0 Å². The van der Waals surface area contributed by atoms with E-state index in [0.717, 1.165) is 19.7 Å². The number of aryl methyl sites for hydroxylation is 1. The van der Waals surface area contributed by atoms with Crippen molar-refractivity contribution < 1.29 is 18.7 Å². The Morgan fingerprint density at radius 1 is 1.12 bits per heavy atom. The molecule has 26 heavy (non-hydrogen) atoms. The second-order valence-corrected chi connectivity index (χ2v) is 7.13. The number of carbonyl (C=O) groups excluding carboxylic acids is 2. The highest BCUT2D eigenvalue weighted by Crippen LogP contribution is 2.34. The van der Waals surface area contributed by atoms with Crippen molar-refractivity contribution in [3.63, 3.8) is 0 Å². The minimum Gasteiger partial charge on any atom is -0.483 e. The molecule has 0 saturated carbocycles. The Bertz CT molecular complexity index is 984. The molecule has 134 valence electrons. The van der Waals surface area contributed by atoms with E-state index in [1.54, 1.807) is 13.0 Å². The molecule has 0 aliphatic rings. The largest absolute Gasteiger partial charge is 0.483 e. The number of hydrogen-bond donors (Lipinski definition) is 2. The van der Waals surface area contributed by atoms with E-state index < -0.39 is 11.8 Å². The minimum atomic E-state index is -0.484. The summed E-state index contributed by atoms with van der Waals surface area (Å²) in [5.74, 6) is 0.0658. The molecule has 0 fully saturated rings. The van der Waals surface area contributed by atoms with Gasteiger partial charge in [0.05, 0.1) is 16.3 Å². The van der Waals surface area contributed by atoms with Crippen LogP contribution in [0.3, 0.4) is 0 Å². The molecule has 0 unspecified atom stereocenters. The summed E-state index contributed by atoms with van der Waals surface area (Å²) in [7, 11) is 0. The SMILES string of the molecule is Cc1occc1C(=O)NNC(=O)COc1ccc2cc(Br)ccc2c1Br. The highest BCUT2D eigenvalue weighted by Gasteiger charge is 2.13. The molecule has 0 radical (unpaired) electrons. The van der Waals surface area contributed by atoms with E-state index in [4.69, 9.17) is 9.15 Å². The Morgan fingerprint density at radius 3 is 2.65 bits per heavy atom. The summed E-state index contributed by atoms with van der Waals surface area (Å²) in [6.07, 6.45) is 1.41. The van der Waals surface area contributed by atoms with Crippen LogP contribution in [0.4, 0.5) is 0 Å². The lowest BCUT2D eigenvalue weighted by molar-refractivity contribution is -0.123. The number of nitrogens with one attached hydrogen (secondary N) is 2. The number of hydrogen-bond acceptors (Lipinski definition) is 4. The van der Waals surface area contributed by atoms with E-state index in [1.807, 2.05) is 24.3 Å². The van der Waals surface area contributed by atoms with Crippen molar-refractivity contribution in [2.45, 2.75) is 6.92 Å². The second kappa shape index (κ2) is 7.92. The number of hydrazine groups is 1. The van der Waals surface area contributed by atoms with Gasteiger partial charge in [-0.1, -0.05) is 28.1 Å². The summed E-state index contributed by atoms with van der Waals surface area (Å²) >= 11 is 6.93. The predicted octanol–water partition coefficient (Wildman–Crippen LogP) is 4.11. The van der Waals surface area contributed by atoms with Gasteiger partial charge < -0.3 is 9.15 Å². The van der Waals surface area contributed by atoms with Crippen molar-refractivity contribution in [2.75, 3.05) is 6.61 Å². The zero-order chi connectivity index (χ0) is 18.7. The molecule has 0 aliphatic carbocycles. The van der Waals surface area contributed by atoms with Crippen molar-refractivity contribution >= 4 is 54.4 Å². The molecule has 1 heterocycles. The van der Waals surface area contributed by atoms with E-state index in [9.17, 15) is 9.59 Å². The normalized spacial score (nSPS) is 10.6. The number of carbonyl (C=O) groups is 2. The van der Waals surface area contributed by atoms with Crippen LogP contribution in [0.15, 0.2) is 56.0 Å². The van der Waals surface area contributed by atoms with Gasteiger partial charge in [0.2, 0.25) is 0 Å². The molecule has 3 aromatic rings. The van der Waals surface area contributed by atoms with Gasteiger partial charge in [0.1, 0.15) is 11.5 Å². The molecule has 0 aliphatic heterocycles. The molecule has 3 rings (SSSR count). The summed E-state index contributed by atoms with van der Waals surface area (Å²) < 4.78 is 12.3. The molecule has 2 N–H and O–H groups in total. The van der Waals surface area contributed by atoms with E-state index in [0.29, 0.717) is 17.1 Å². The fourth-order valence-electron chi connectivity index (χ4n) is 2.35. The molecule has 2 amide bonds. The molecule has 0 atom stereocenters. The highest BCUT2D eigenvalue weighted by molar-refractivity contribution is 9.11. The van der Waals surface area contributed by atoms with Crippen molar-refractivity contribution in [2.24, 2.45) is 0 Å². The standard InChI is InChI=1S/C18H14Br2N2O4/c1-10-13(6-7-25-10)18(24)22-21-16(23)9-26-15-5-2-11-8-12(19)3-4-14(11)17(15)20/h2-8H,9H2,1H3,(H,21,23)(H,22,24). The Labute approximate surface area is 166 Å². The number of amides is 2. The number of ether oxygens (including phenoxy) is 1. The van der Waals surface area contributed by atoms with Crippen LogP contribution in [0.25, 0.3) is 10.8 Å². The number of halogens is 2. The van der Waals surface area contributed by atoms with E-state index in [1.165, 1.54) is 12.3 Å². The smallest absolute Gasteiger partial charge is 0.276 e. The van der Waals surface area contributed by atoms with Gasteiger partial charge in [-0.2, -0.15) is 0 Å². The molecule has 0 bridgehead atoms. The maximum absolute atomic E-state index is 11.9.